The summed E-state index contributed by atoms with van der Waals surface area (Å²) in [5, 5.41) is 0. The van der Waals surface area contributed by atoms with Gasteiger partial charge in [0.05, 0.1) is 6.04 Å². The molecule has 0 N–H and O–H groups in total. The quantitative estimate of drug-likeness (QED) is 0.679. The van der Waals surface area contributed by atoms with E-state index in [1.165, 1.54) is 11.1 Å². The van der Waals surface area contributed by atoms with Crippen LogP contribution in [0.15, 0.2) is 30.3 Å². The molecule has 0 saturated heterocycles. The normalized spacial score (nSPS) is 12.8. The molecule has 0 unspecified atom stereocenters. The Morgan fingerprint density at radius 3 is 2.09 bits per heavy atom. The van der Waals surface area contributed by atoms with Gasteiger partial charge in [-0.15, -0.1) is 0 Å². The van der Waals surface area contributed by atoms with Gasteiger partial charge in [-0.05, 0) is 51.4 Å². The monoisotopic (exact) mass is 319 g/mol. The van der Waals surface area contributed by atoms with Gasteiger partial charge in [-0.1, -0.05) is 71.0 Å². The predicted molar refractivity (Wildman–Crippen MR) is 105 cm³/mol. The van der Waals surface area contributed by atoms with E-state index < -0.39 is 0 Å². The van der Waals surface area contributed by atoms with Crippen molar-refractivity contribution < 1.29 is 4.79 Å². The van der Waals surface area contributed by atoms with Crippen LogP contribution in [0.3, 0.4) is 0 Å². The fourth-order valence-electron chi connectivity index (χ4n) is 2.21. The van der Waals surface area contributed by atoms with Crippen molar-refractivity contribution in [3.8, 4) is 0 Å². The molecule has 0 radical (unpaired) electrons. The first-order valence-electron chi connectivity index (χ1n) is 8.82. The Balaban J connectivity index is 0. The third-order valence-corrected chi connectivity index (χ3v) is 3.48. The lowest BCUT2D eigenvalue weighted by Crippen LogP contribution is -2.35. The maximum atomic E-state index is 11.6. The summed E-state index contributed by atoms with van der Waals surface area (Å²) in [6, 6.07) is 8.34. The van der Waals surface area contributed by atoms with E-state index in [-0.39, 0.29) is 11.8 Å². The highest BCUT2D eigenvalue weighted by Crippen LogP contribution is 2.15. The van der Waals surface area contributed by atoms with Crippen LogP contribution < -0.4 is 0 Å². The summed E-state index contributed by atoms with van der Waals surface area (Å²) >= 11 is 0. The molecule has 0 fully saturated rings. The molecule has 1 aromatic carbocycles. The summed E-state index contributed by atoms with van der Waals surface area (Å²) in [6.07, 6.45) is 5.22. The van der Waals surface area contributed by atoms with E-state index in [0.29, 0.717) is 5.92 Å². The van der Waals surface area contributed by atoms with Gasteiger partial charge >= 0.3 is 0 Å². The van der Waals surface area contributed by atoms with Crippen LogP contribution in [0.1, 0.15) is 59.1 Å². The molecule has 2 atom stereocenters. The van der Waals surface area contributed by atoms with Crippen LogP contribution in [0.2, 0.25) is 0 Å². The van der Waals surface area contributed by atoms with Crippen molar-refractivity contribution >= 4 is 11.9 Å². The molecule has 132 valence electrons. The third kappa shape index (κ3) is 10.1. The number of hydrogen-bond acceptors (Lipinski definition) is 2. The lowest BCUT2D eigenvalue weighted by atomic mass is 9.97. The predicted octanol–water partition coefficient (Wildman–Crippen LogP) is 5.61. The average Bonchev–Trinajstić information content (AvgIpc) is 2.55. The minimum atomic E-state index is 0.0107. The number of allylic oxidation sites excluding steroid dienone is 1. The van der Waals surface area contributed by atoms with Crippen molar-refractivity contribution in [2.45, 2.75) is 60.9 Å². The van der Waals surface area contributed by atoms with Crippen LogP contribution in [0.4, 0.5) is 0 Å². The van der Waals surface area contributed by atoms with E-state index in [4.69, 9.17) is 0 Å². The summed E-state index contributed by atoms with van der Waals surface area (Å²) < 4.78 is 0. The molecule has 0 aliphatic heterocycles. The van der Waals surface area contributed by atoms with Gasteiger partial charge in [0.1, 0.15) is 5.78 Å². The number of hydrogen-bond donors (Lipinski definition) is 0. The number of likely N-dealkylation sites (N-methyl/N-ethyl adjacent to an activating group) is 1. The van der Waals surface area contributed by atoms with Crippen molar-refractivity contribution in [3.05, 3.63) is 41.5 Å². The summed E-state index contributed by atoms with van der Waals surface area (Å²) in [6.45, 7) is 13.9. The van der Waals surface area contributed by atoms with Gasteiger partial charge in [-0.25, -0.2) is 0 Å². The smallest absolute Gasteiger partial charge is 0.146 e. The lowest BCUT2D eigenvalue weighted by molar-refractivity contribution is -0.121. The zero-order chi connectivity index (χ0) is 18.4. The number of carbonyl (C=O) groups is 1. The fraction of sp³-hybridized carbons (Fsp3) is 0.571. The number of rotatable bonds is 6. The zero-order valence-corrected chi connectivity index (χ0v) is 16.7. The molecule has 0 heterocycles. The largest absolute Gasteiger partial charge is 0.300 e. The highest BCUT2D eigenvalue weighted by atomic mass is 16.1. The second-order valence-corrected chi connectivity index (χ2v) is 5.52. The van der Waals surface area contributed by atoms with Crippen molar-refractivity contribution in [2.24, 2.45) is 5.92 Å². The molecular formula is C21H37NO. The van der Waals surface area contributed by atoms with E-state index in [9.17, 15) is 4.79 Å². The Morgan fingerprint density at radius 1 is 1.13 bits per heavy atom. The molecule has 2 nitrogen and oxygen atoms in total. The summed E-state index contributed by atoms with van der Waals surface area (Å²) in [7, 11) is 3.92. The number of Topliss-reactive ketones (excluding diaryl/α,β-unsaturated/α-hetero) is 1. The van der Waals surface area contributed by atoms with Gasteiger partial charge in [0.15, 0.2) is 0 Å². The lowest BCUT2D eigenvalue weighted by Gasteiger charge is -2.23. The van der Waals surface area contributed by atoms with Crippen molar-refractivity contribution in [1.82, 2.24) is 4.90 Å². The van der Waals surface area contributed by atoms with Gasteiger partial charge in [-0.2, -0.15) is 0 Å². The second kappa shape index (κ2) is 14.2. The summed E-state index contributed by atoms with van der Waals surface area (Å²) in [4.78, 5) is 13.6. The molecule has 23 heavy (non-hydrogen) atoms. The van der Waals surface area contributed by atoms with Crippen LogP contribution in [-0.2, 0) is 4.79 Å². The topological polar surface area (TPSA) is 20.3 Å². The fourth-order valence-corrected chi connectivity index (χ4v) is 2.21. The Kier molecular flexibility index (Phi) is 14.7. The van der Waals surface area contributed by atoms with Gasteiger partial charge in [0.2, 0.25) is 0 Å². The summed E-state index contributed by atoms with van der Waals surface area (Å²) in [5.74, 6) is 0.622. The number of benzene rings is 1. The second-order valence-electron chi connectivity index (χ2n) is 5.52. The van der Waals surface area contributed by atoms with E-state index >= 15 is 0 Å². The van der Waals surface area contributed by atoms with Crippen molar-refractivity contribution in [3.63, 3.8) is 0 Å². The molecule has 0 spiro atoms. The van der Waals surface area contributed by atoms with Gasteiger partial charge < -0.3 is 0 Å². The molecule has 2 heteroatoms. The first-order valence-corrected chi connectivity index (χ1v) is 8.82. The molecule has 0 aliphatic carbocycles. The number of ketones is 1. The maximum absolute atomic E-state index is 11.6. The minimum absolute atomic E-state index is 0.0107. The molecule has 1 aromatic rings. The number of carbonyl (C=O) groups excluding carboxylic acids is 1. The first-order chi connectivity index (χ1) is 10.9. The Bertz CT molecular complexity index is 449. The van der Waals surface area contributed by atoms with Crippen molar-refractivity contribution in [1.29, 1.82) is 0 Å². The SMILES string of the molecule is CC.CC.CC(=O)[C@H](C[C@H](C)/C=C/c1ccccc1C)N(C)C. The number of aryl methyl sites for hydroxylation is 1. The molecular weight excluding hydrogens is 282 g/mol. The third-order valence-electron chi connectivity index (χ3n) is 3.48. The molecule has 0 bridgehead atoms. The Labute approximate surface area is 144 Å². The van der Waals surface area contributed by atoms with Crippen LogP contribution in [0.5, 0.6) is 0 Å². The van der Waals surface area contributed by atoms with E-state index in [2.05, 4.69) is 44.2 Å². The van der Waals surface area contributed by atoms with E-state index in [0.717, 1.165) is 6.42 Å². The van der Waals surface area contributed by atoms with Crippen LogP contribution in [0, 0.1) is 12.8 Å². The van der Waals surface area contributed by atoms with Crippen molar-refractivity contribution in [2.75, 3.05) is 14.1 Å². The molecule has 0 aromatic heterocycles. The molecule has 0 aliphatic rings. The molecule has 0 saturated carbocycles. The van der Waals surface area contributed by atoms with Crippen LogP contribution in [0.25, 0.3) is 6.08 Å². The Hall–Kier alpha value is -1.41. The van der Waals surface area contributed by atoms with Crippen LogP contribution in [-0.4, -0.2) is 30.8 Å². The maximum Gasteiger partial charge on any atom is 0.146 e. The number of nitrogens with zero attached hydrogens (tertiary/aromatic N) is 1. The molecule has 1 rings (SSSR count). The highest BCUT2D eigenvalue weighted by Gasteiger charge is 2.18. The zero-order valence-electron chi connectivity index (χ0n) is 16.7. The van der Waals surface area contributed by atoms with Gasteiger partial charge in [0, 0.05) is 0 Å². The van der Waals surface area contributed by atoms with Gasteiger partial charge in [0.25, 0.3) is 0 Å². The van der Waals surface area contributed by atoms with E-state index in [1.54, 1.807) is 6.92 Å². The van der Waals surface area contributed by atoms with Crippen LogP contribution >= 0.6 is 0 Å². The first kappa shape index (κ1) is 23.9. The standard InChI is InChI=1S/C17H25NO.2C2H6/c1-13(12-17(15(3)19)18(4)5)10-11-16-9-7-6-8-14(16)2;2*1-2/h6-11,13,17H,12H2,1-5H3;2*1-2H3/b11-10+;;/t13-,17+;;/m1../s1. The highest BCUT2D eigenvalue weighted by molar-refractivity contribution is 5.81. The average molecular weight is 320 g/mol. The van der Waals surface area contributed by atoms with Gasteiger partial charge in [-0.3, -0.25) is 9.69 Å². The minimum Gasteiger partial charge on any atom is -0.300 e. The summed E-state index contributed by atoms with van der Waals surface area (Å²) in [5.41, 5.74) is 2.53. The van der Waals surface area contributed by atoms with E-state index in [1.807, 2.05) is 52.8 Å². The molecule has 0 amide bonds. The Morgan fingerprint density at radius 2 is 1.65 bits per heavy atom.